The summed E-state index contributed by atoms with van der Waals surface area (Å²) >= 11 is 11.2. The number of benzene rings is 1. The minimum absolute atomic E-state index is 0.0943. The Hall–Kier alpha value is -1.26. The molecule has 0 unspecified atom stereocenters. The zero-order chi connectivity index (χ0) is 11.4. The third-order valence-corrected chi connectivity index (χ3v) is 2.17. The van der Waals surface area contributed by atoms with E-state index in [4.69, 9.17) is 34.0 Å². The number of aromatic carboxylic acids is 1. The third-order valence-electron chi connectivity index (χ3n) is 1.60. The van der Waals surface area contributed by atoms with Crippen LogP contribution in [0.2, 0.25) is 5.02 Å². The van der Waals surface area contributed by atoms with E-state index in [9.17, 15) is 4.79 Å². The molecule has 0 fully saturated rings. The molecular weight excluding hydrogens is 239 g/mol. The van der Waals surface area contributed by atoms with Gasteiger partial charge in [-0.25, -0.2) is 9.79 Å². The van der Waals surface area contributed by atoms with Gasteiger partial charge in [0.15, 0.2) is 0 Å². The van der Waals surface area contributed by atoms with Gasteiger partial charge in [-0.3, -0.25) is 0 Å². The van der Waals surface area contributed by atoms with Gasteiger partial charge in [-0.15, -0.1) is 11.6 Å². The number of amidine groups is 1. The molecule has 0 heterocycles. The van der Waals surface area contributed by atoms with Crippen LogP contribution in [0.15, 0.2) is 23.2 Å². The fourth-order valence-electron chi connectivity index (χ4n) is 0.915. The van der Waals surface area contributed by atoms with E-state index in [1.165, 1.54) is 18.2 Å². The lowest BCUT2D eigenvalue weighted by Gasteiger charge is -2.01. The van der Waals surface area contributed by atoms with Gasteiger partial charge in [0.05, 0.1) is 22.2 Å². The fourth-order valence-corrected chi connectivity index (χ4v) is 1.20. The number of nitrogens with two attached hydrogens (primary N) is 1. The quantitative estimate of drug-likeness (QED) is 0.488. The van der Waals surface area contributed by atoms with Crippen LogP contribution in [0.25, 0.3) is 0 Å². The summed E-state index contributed by atoms with van der Waals surface area (Å²) in [5, 5.41) is 8.91. The number of nitrogens with zero attached hydrogens (tertiary/aromatic N) is 1. The molecule has 80 valence electrons. The standard InChI is InChI=1S/C9H8Cl2N2O2/c10-4-8(12)13-7-2-1-5(9(14)15)3-6(7)11/h1-3H,4H2,(H2,12,13)(H,14,15). The lowest BCUT2D eigenvalue weighted by Crippen LogP contribution is -2.12. The van der Waals surface area contributed by atoms with Crippen LogP contribution in [0.3, 0.4) is 0 Å². The van der Waals surface area contributed by atoms with E-state index in [0.717, 1.165) is 0 Å². The maximum absolute atomic E-state index is 10.6. The first-order chi connectivity index (χ1) is 7.04. The van der Waals surface area contributed by atoms with E-state index in [1.807, 2.05) is 0 Å². The Morgan fingerprint density at radius 3 is 2.67 bits per heavy atom. The van der Waals surface area contributed by atoms with E-state index in [1.54, 1.807) is 0 Å². The van der Waals surface area contributed by atoms with Gasteiger partial charge >= 0.3 is 5.97 Å². The maximum Gasteiger partial charge on any atom is 0.335 e. The monoisotopic (exact) mass is 246 g/mol. The number of hydrogen-bond acceptors (Lipinski definition) is 2. The summed E-state index contributed by atoms with van der Waals surface area (Å²) in [6.45, 7) is 0. The van der Waals surface area contributed by atoms with Gasteiger partial charge in [-0.2, -0.15) is 0 Å². The van der Waals surface area contributed by atoms with Crippen molar-refractivity contribution in [2.24, 2.45) is 10.7 Å². The summed E-state index contributed by atoms with van der Waals surface area (Å²) in [5.74, 6) is -0.726. The first-order valence-electron chi connectivity index (χ1n) is 3.96. The molecule has 1 aromatic rings. The summed E-state index contributed by atoms with van der Waals surface area (Å²) in [5.41, 5.74) is 5.92. The maximum atomic E-state index is 10.6. The second-order valence-corrected chi connectivity index (χ2v) is 3.38. The highest BCUT2D eigenvalue weighted by molar-refractivity contribution is 6.33. The highest BCUT2D eigenvalue weighted by Crippen LogP contribution is 2.25. The fraction of sp³-hybridized carbons (Fsp3) is 0.111. The number of hydrogen-bond donors (Lipinski definition) is 2. The second-order valence-electron chi connectivity index (χ2n) is 2.71. The number of alkyl halides is 1. The molecule has 0 spiro atoms. The van der Waals surface area contributed by atoms with Gasteiger partial charge in [-0.05, 0) is 18.2 Å². The Bertz CT molecular complexity index is 419. The molecule has 0 saturated carbocycles. The molecule has 1 rings (SSSR count). The zero-order valence-electron chi connectivity index (χ0n) is 7.58. The summed E-state index contributed by atoms with van der Waals surface area (Å²) < 4.78 is 0. The number of carbonyl (C=O) groups is 1. The molecule has 0 aromatic heterocycles. The van der Waals surface area contributed by atoms with Crippen LogP contribution >= 0.6 is 23.2 Å². The SMILES string of the molecule is NC(CCl)=Nc1ccc(C(=O)O)cc1Cl. The van der Waals surface area contributed by atoms with Gasteiger partial charge in [0, 0.05) is 0 Å². The van der Waals surface area contributed by atoms with Crippen molar-refractivity contribution in [1.82, 2.24) is 0 Å². The molecule has 0 radical (unpaired) electrons. The van der Waals surface area contributed by atoms with Crippen molar-refractivity contribution in [2.75, 3.05) is 5.88 Å². The second kappa shape index (κ2) is 5.00. The van der Waals surface area contributed by atoms with Crippen molar-refractivity contribution in [2.45, 2.75) is 0 Å². The molecule has 0 aliphatic heterocycles. The number of halogens is 2. The van der Waals surface area contributed by atoms with Crippen LogP contribution in [0.1, 0.15) is 10.4 Å². The van der Waals surface area contributed by atoms with Crippen molar-refractivity contribution < 1.29 is 9.90 Å². The predicted molar refractivity (Wildman–Crippen MR) is 60.4 cm³/mol. The molecule has 6 heteroatoms. The van der Waals surface area contributed by atoms with Crippen LogP contribution in [0.4, 0.5) is 5.69 Å². The van der Waals surface area contributed by atoms with Crippen molar-refractivity contribution in [1.29, 1.82) is 0 Å². The minimum atomic E-state index is -1.04. The number of carboxylic acids is 1. The Kier molecular flexibility index (Phi) is 3.94. The van der Waals surface area contributed by atoms with Crippen molar-refractivity contribution in [3.63, 3.8) is 0 Å². The summed E-state index contributed by atoms with van der Waals surface area (Å²) in [6, 6.07) is 4.18. The van der Waals surface area contributed by atoms with Crippen molar-refractivity contribution in [3.05, 3.63) is 28.8 Å². The van der Waals surface area contributed by atoms with Crippen LogP contribution in [-0.2, 0) is 0 Å². The van der Waals surface area contributed by atoms with Gasteiger partial charge in [0.1, 0.15) is 5.84 Å². The Labute approximate surface area is 96.3 Å². The highest BCUT2D eigenvalue weighted by atomic mass is 35.5. The van der Waals surface area contributed by atoms with Crippen LogP contribution in [0, 0.1) is 0 Å². The lowest BCUT2D eigenvalue weighted by atomic mass is 10.2. The first kappa shape index (κ1) is 11.8. The van der Waals surface area contributed by atoms with E-state index in [0.29, 0.717) is 5.69 Å². The summed E-state index contributed by atoms with van der Waals surface area (Å²) in [4.78, 5) is 14.5. The lowest BCUT2D eigenvalue weighted by molar-refractivity contribution is 0.0697. The third kappa shape index (κ3) is 3.11. The Morgan fingerprint density at radius 1 is 1.53 bits per heavy atom. The smallest absolute Gasteiger partial charge is 0.335 e. The van der Waals surface area contributed by atoms with Gasteiger partial charge in [0.25, 0.3) is 0 Å². The Balaban J connectivity index is 3.09. The van der Waals surface area contributed by atoms with Gasteiger partial charge in [0.2, 0.25) is 0 Å². The van der Waals surface area contributed by atoms with E-state index in [-0.39, 0.29) is 22.3 Å². The Morgan fingerprint density at radius 2 is 2.20 bits per heavy atom. The van der Waals surface area contributed by atoms with Crippen LogP contribution in [-0.4, -0.2) is 22.8 Å². The van der Waals surface area contributed by atoms with Crippen molar-refractivity contribution in [3.8, 4) is 0 Å². The largest absolute Gasteiger partial charge is 0.478 e. The topological polar surface area (TPSA) is 75.7 Å². The van der Waals surface area contributed by atoms with Gasteiger partial charge in [-0.1, -0.05) is 11.6 Å². The van der Waals surface area contributed by atoms with E-state index < -0.39 is 5.97 Å². The molecule has 15 heavy (non-hydrogen) atoms. The normalized spacial score (nSPS) is 11.5. The molecule has 1 aromatic carbocycles. The molecular formula is C9H8Cl2N2O2. The molecule has 0 bridgehead atoms. The van der Waals surface area contributed by atoms with E-state index in [2.05, 4.69) is 4.99 Å². The average molecular weight is 247 g/mol. The van der Waals surface area contributed by atoms with Crippen LogP contribution in [0.5, 0.6) is 0 Å². The number of rotatable bonds is 3. The predicted octanol–water partition coefficient (Wildman–Crippen LogP) is 2.27. The summed E-state index contributed by atoms with van der Waals surface area (Å²) in [7, 11) is 0. The first-order valence-corrected chi connectivity index (χ1v) is 4.87. The molecule has 3 N–H and O–H groups in total. The zero-order valence-corrected chi connectivity index (χ0v) is 9.09. The molecule has 0 saturated heterocycles. The van der Waals surface area contributed by atoms with Gasteiger partial charge < -0.3 is 10.8 Å². The number of aliphatic imine (C=N–C) groups is 1. The van der Waals surface area contributed by atoms with E-state index >= 15 is 0 Å². The molecule has 0 aliphatic rings. The summed E-state index contributed by atoms with van der Waals surface area (Å²) in [6.07, 6.45) is 0. The van der Waals surface area contributed by atoms with Crippen LogP contribution < -0.4 is 5.73 Å². The molecule has 0 amide bonds. The highest BCUT2D eigenvalue weighted by Gasteiger charge is 2.06. The van der Waals surface area contributed by atoms with Crippen molar-refractivity contribution >= 4 is 40.7 Å². The molecule has 4 nitrogen and oxygen atoms in total. The molecule has 0 aliphatic carbocycles. The average Bonchev–Trinajstić information content (AvgIpc) is 2.20. The minimum Gasteiger partial charge on any atom is -0.478 e. The number of carboxylic acid groups (broad SMARTS) is 1. The molecule has 0 atom stereocenters.